The monoisotopic (exact) mass is 382 g/mol. The molecule has 3 heterocycles. The standard InChI is InChI=1S/C21H30N6O/c1-24-9-8-23-21(24)19-15-22-7-10-27(19)17-20(28)26-13-11-25(12-14-26)16-18-5-3-2-4-6-18/h2-6,8-9,19,22H,7,10-17H2,1H3. The minimum Gasteiger partial charge on any atom is -0.339 e. The summed E-state index contributed by atoms with van der Waals surface area (Å²) in [4.78, 5) is 24.2. The van der Waals surface area contributed by atoms with Crippen molar-refractivity contribution in [3.8, 4) is 0 Å². The molecule has 0 bridgehead atoms. The second-order valence-electron chi connectivity index (χ2n) is 7.73. The lowest BCUT2D eigenvalue weighted by Crippen LogP contribution is -2.54. The highest BCUT2D eigenvalue weighted by molar-refractivity contribution is 5.78. The zero-order valence-electron chi connectivity index (χ0n) is 16.6. The summed E-state index contributed by atoms with van der Waals surface area (Å²) in [5.41, 5.74) is 1.33. The number of rotatable bonds is 5. The molecule has 0 radical (unpaired) electrons. The molecule has 2 aliphatic heterocycles. The Hall–Kier alpha value is -2.22. The average Bonchev–Trinajstić information content (AvgIpc) is 3.15. The van der Waals surface area contributed by atoms with E-state index in [9.17, 15) is 4.79 Å². The van der Waals surface area contributed by atoms with Crippen LogP contribution in [0, 0.1) is 0 Å². The van der Waals surface area contributed by atoms with Gasteiger partial charge in [-0.2, -0.15) is 0 Å². The Labute approximate surface area is 166 Å². The molecule has 2 aliphatic rings. The maximum absolute atomic E-state index is 12.9. The molecule has 2 fully saturated rings. The Bertz CT molecular complexity index is 768. The van der Waals surface area contributed by atoms with Gasteiger partial charge in [0.2, 0.25) is 5.91 Å². The minimum absolute atomic E-state index is 0.150. The minimum atomic E-state index is 0.150. The van der Waals surface area contributed by atoms with Crippen molar-refractivity contribution in [2.24, 2.45) is 7.05 Å². The normalized spacial score (nSPS) is 21.8. The molecule has 0 aliphatic carbocycles. The molecule has 150 valence electrons. The van der Waals surface area contributed by atoms with Gasteiger partial charge in [0.05, 0.1) is 12.6 Å². The Morgan fingerprint density at radius 2 is 1.93 bits per heavy atom. The smallest absolute Gasteiger partial charge is 0.236 e. The summed E-state index contributed by atoms with van der Waals surface area (Å²) in [6.07, 6.45) is 3.80. The number of benzene rings is 1. The lowest BCUT2D eigenvalue weighted by atomic mass is 10.1. The van der Waals surface area contributed by atoms with Crippen LogP contribution in [0.2, 0.25) is 0 Å². The average molecular weight is 383 g/mol. The molecule has 1 atom stereocenters. The third-order valence-corrected chi connectivity index (χ3v) is 5.82. The largest absolute Gasteiger partial charge is 0.339 e. The Morgan fingerprint density at radius 3 is 2.64 bits per heavy atom. The molecule has 1 N–H and O–H groups in total. The molecular formula is C21H30N6O. The summed E-state index contributed by atoms with van der Waals surface area (Å²) >= 11 is 0. The summed E-state index contributed by atoms with van der Waals surface area (Å²) in [5, 5.41) is 3.44. The van der Waals surface area contributed by atoms with Gasteiger partial charge in [-0.05, 0) is 5.56 Å². The first-order valence-electron chi connectivity index (χ1n) is 10.2. The Balaban J connectivity index is 1.30. The molecule has 4 rings (SSSR count). The molecule has 0 spiro atoms. The van der Waals surface area contributed by atoms with E-state index in [0.717, 1.165) is 58.2 Å². The molecule has 7 nitrogen and oxygen atoms in total. The van der Waals surface area contributed by atoms with Gasteiger partial charge in [-0.1, -0.05) is 30.3 Å². The van der Waals surface area contributed by atoms with Gasteiger partial charge in [-0.15, -0.1) is 0 Å². The van der Waals surface area contributed by atoms with E-state index in [4.69, 9.17) is 0 Å². The molecule has 0 saturated carbocycles. The maximum atomic E-state index is 12.9. The van der Waals surface area contributed by atoms with Crippen molar-refractivity contribution in [2.45, 2.75) is 12.6 Å². The van der Waals surface area contributed by atoms with Crippen LogP contribution in [0.4, 0.5) is 0 Å². The van der Waals surface area contributed by atoms with Crippen molar-refractivity contribution < 1.29 is 4.79 Å². The Kier molecular flexibility index (Phi) is 6.04. The van der Waals surface area contributed by atoms with Gasteiger partial charge in [0.25, 0.3) is 0 Å². The van der Waals surface area contributed by atoms with Crippen LogP contribution in [0.25, 0.3) is 0 Å². The summed E-state index contributed by atoms with van der Waals surface area (Å²) < 4.78 is 2.05. The number of aryl methyl sites for hydroxylation is 1. The van der Waals surface area contributed by atoms with Crippen molar-refractivity contribution in [2.75, 3.05) is 52.4 Å². The molecular weight excluding hydrogens is 352 g/mol. The second kappa shape index (κ2) is 8.86. The van der Waals surface area contributed by atoms with Gasteiger partial charge in [0, 0.05) is 71.8 Å². The molecule has 1 unspecified atom stereocenters. The van der Waals surface area contributed by atoms with Crippen molar-refractivity contribution in [3.05, 3.63) is 54.1 Å². The van der Waals surface area contributed by atoms with Crippen LogP contribution in [0.15, 0.2) is 42.7 Å². The van der Waals surface area contributed by atoms with Gasteiger partial charge in [-0.3, -0.25) is 14.6 Å². The van der Waals surface area contributed by atoms with Crippen LogP contribution in [0.3, 0.4) is 0 Å². The highest BCUT2D eigenvalue weighted by Gasteiger charge is 2.30. The summed E-state index contributed by atoms with van der Waals surface area (Å²) in [6, 6.07) is 10.7. The molecule has 28 heavy (non-hydrogen) atoms. The first kappa shape index (κ1) is 19.1. The third kappa shape index (κ3) is 4.43. The topological polar surface area (TPSA) is 56.6 Å². The molecule has 1 aromatic carbocycles. The lowest BCUT2D eigenvalue weighted by Gasteiger charge is -2.39. The molecule has 2 aromatic rings. The molecule has 1 aromatic heterocycles. The van der Waals surface area contributed by atoms with Gasteiger partial charge in [0.1, 0.15) is 5.82 Å². The van der Waals surface area contributed by atoms with Gasteiger partial charge in [0.15, 0.2) is 0 Å². The van der Waals surface area contributed by atoms with E-state index in [0.29, 0.717) is 6.54 Å². The number of hydrogen-bond acceptors (Lipinski definition) is 5. The van der Waals surface area contributed by atoms with Crippen LogP contribution < -0.4 is 5.32 Å². The second-order valence-corrected chi connectivity index (χ2v) is 7.73. The van der Waals surface area contributed by atoms with Crippen LogP contribution in [0.1, 0.15) is 17.4 Å². The highest BCUT2D eigenvalue weighted by atomic mass is 16.2. The van der Waals surface area contributed by atoms with E-state index in [1.807, 2.05) is 24.3 Å². The fraction of sp³-hybridized carbons (Fsp3) is 0.524. The van der Waals surface area contributed by atoms with Crippen LogP contribution in [-0.2, 0) is 18.4 Å². The van der Waals surface area contributed by atoms with Crippen molar-refractivity contribution in [1.29, 1.82) is 0 Å². The van der Waals surface area contributed by atoms with Crippen molar-refractivity contribution in [3.63, 3.8) is 0 Å². The fourth-order valence-electron chi connectivity index (χ4n) is 4.16. The number of nitrogens with zero attached hydrogens (tertiary/aromatic N) is 5. The fourth-order valence-corrected chi connectivity index (χ4v) is 4.16. The zero-order chi connectivity index (χ0) is 19.3. The van der Waals surface area contributed by atoms with Crippen molar-refractivity contribution >= 4 is 5.91 Å². The van der Waals surface area contributed by atoms with E-state index in [2.05, 4.69) is 55.0 Å². The first-order chi connectivity index (χ1) is 13.7. The number of carbonyl (C=O) groups is 1. The number of amides is 1. The number of carbonyl (C=O) groups excluding carboxylic acids is 1. The number of hydrogen-bond donors (Lipinski definition) is 1. The van der Waals surface area contributed by atoms with E-state index in [-0.39, 0.29) is 11.9 Å². The van der Waals surface area contributed by atoms with Gasteiger partial charge in [-0.25, -0.2) is 4.98 Å². The predicted molar refractivity (Wildman–Crippen MR) is 109 cm³/mol. The van der Waals surface area contributed by atoms with E-state index >= 15 is 0 Å². The summed E-state index contributed by atoms with van der Waals surface area (Å²) in [6.45, 7) is 7.55. The van der Waals surface area contributed by atoms with Gasteiger partial charge < -0.3 is 14.8 Å². The van der Waals surface area contributed by atoms with Crippen LogP contribution in [0.5, 0.6) is 0 Å². The first-order valence-corrected chi connectivity index (χ1v) is 10.2. The third-order valence-electron chi connectivity index (χ3n) is 5.82. The number of aromatic nitrogens is 2. The van der Waals surface area contributed by atoms with E-state index in [1.165, 1.54) is 5.56 Å². The molecule has 7 heteroatoms. The van der Waals surface area contributed by atoms with E-state index in [1.54, 1.807) is 0 Å². The Morgan fingerprint density at radius 1 is 1.14 bits per heavy atom. The van der Waals surface area contributed by atoms with Crippen LogP contribution >= 0.6 is 0 Å². The quantitative estimate of drug-likeness (QED) is 0.826. The highest BCUT2D eigenvalue weighted by Crippen LogP contribution is 2.20. The van der Waals surface area contributed by atoms with Crippen LogP contribution in [-0.4, -0.2) is 82.5 Å². The predicted octanol–water partition coefficient (Wildman–Crippen LogP) is 0.711. The number of nitrogens with one attached hydrogen (secondary N) is 1. The number of piperazine rings is 2. The summed E-state index contributed by atoms with van der Waals surface area (Å²) in [7, 11) is 2.02. The maximum Gasteiger partial charge on any atom is 0.236 e. The number of imidazole rings is 1. The van der Waals surface area contributed by atoms with Crippen molar-refractivity contribution in [1.82, 2.24) is 29.6 Å². The zero-order valence-corrected chi connectivity index (χ0v) is 16.6. The molecule has 2 saturated heterocycles. The lowest BCUT2D eigenvalue weighted by molar-refractivity contribution is -0.135. The SMILES string of the molecule is Cn1ccnc1C1CNCCN1CC(=O)N1CCN(Cc2ccccc2)CC1. The van der Waals surface area contributed by atoms with E-state index < -0.39 is 0 Å². The molecule has 1 amide bonds. The summed E-state index contributed by atoms with van der Waals surface area (Å²) in [5.74, 6) is 1.26. The van der Waals surface area contributed by atoms with Gasteiger partial charge >= 0.3 is 0 Å².